The fraction of sp³-hybridized carbons (Fsp3) is 0.0625. The van der Waals surface area contributed by atoms with E-state index in [2.05, 4.69) is 123 Å². The van der Waals surface area contributed by atoms with Gasteiger partial charge < -0.3 is 0 Å². The molecule has 6 aromatic carbocycles. The smallest absolute Gasteiger partial charge is 0.00992 e. The van der Waals surface area contributed by atoms with E-state index in [-0.39, 0.29) is 0 Å². The lowest BCUT2D eigenvalue weighted by atomic mass is 9.90. The van der Waals surface area contributed by atoms with Crippen LogP contribution in [0.5, 0.6) is 0 Å². The largest absolute Gasteiger partial charge is 0.0616 e. The van der Waals surface area contributed by atoms with Crippen LogP contribution in [-0.2, 0) is 0 Å². The van der Waals surface area contributed by atoms with Crippen molar-refractivity contribution in [3.8, 4) is 22.3 Å². The van der Waals surface area contributed by atoms with Gasteiger partial charge in [0.05, 0.1) is 0 Å². The molecular formula is C32H24. The van der Waals surface area contributed by atoms with Gasteiger partial charge in [-0.3, -0.25) is 0 Å². The maximum Gasteiger partial charge on any atom is -0.00992 e. The molecule has 0 aliphatic heterocycles. The minimum atomic E-state index is 1.26. The van der Waals surface area contributed by atoms with Crippen LogP contribution in [0.4, 0.5) is 0 Å². The van der Waals surface area contributed by atoms with Crippen molar-refractivity contribution in [3.05, 3.63) is 120 Å². The summed E-state index contributed by atoms with van der Waals surface area (Å²) < 4.78 is 0. The quantitative estimate of drug-likeness (QED) is 0.268. The Kier molecular flexibility index (Phi) is 4.33. The summed E-state index contributed by atoms with van der Waals surface area (Å²) >= 11 is 0. The van der Waals surface area contributed by atoms with Crippen molar-refractivity contribution in [3.63, 3.8) is 0 Å². The van der Waals surface area contributed by atoms with E-state index in [9.17, 15) is 0 Å². The number of hydrogen-bond donors (Lipinski definition) is 0. The number of aryl methyl sites for hydroxylation is 2. The Hall–Kier alpha value is -3.90. The molecule has 0 N–H and O–H groups in total. The normalized spacial score (nSPS) is 11.4. The third kappa shape index (κ3) is 3.16. The molecule has 0 atom stereocenters. The zero-order valence-corrected chi connectivity index (χ0v) is 18.4. The van der Waals surface area contributed by atoms with Gasteiger partial charge >= 0.3 is 0 Å². The van der Waals surface area contributed by atoms with Gasteiger partial charge in [-0.1, -0.05) is 108 Å². The lowest BCUT2D eigenvalue weighted by Gasteiger charge is -2.13. The van der Waals surface area contributed by atoms with Gasteiger partial charge in [-0.15, -0.1) is 0 Å². The van der Waals surface area contributed by atoms with E-state index < -0.39 is 0 Å². The molecular weight excluding hydrogens is 384 g/mol. The Balaban J connectivity index is 1.54. The molecule has 32 heavy (non-hydrogen) atoms. The Labute approximate surface area is 188 Å². The van der Waals surface area contributed by atoms with Gasteiger partial charge in [0.15, 0.2) is 0 Å². The fourth-order valence-corrected chi connectivity index (χ4v) is 4.87. The SMILES string of the molecule is Cc1ccc2cc(-c3ccc(-c4ccc5cc(C)ccc5c4)c4ccccc34)ccc2c1. The summed E-state index contributed by atoms with van der Waals surface area (Å²) in [4.78, 5) is 0. The molecule has 0 unspecified atom stereocenters. The molecule has 0 saturated carbocycles. The summed E-state index contributed by atoms with van der Waals surface area (Å²) in [7, 11) is 0. The first-order chi connectivity index (χ1) is 15.7. The minimum absolute atomic E-state index is 1.26. The molecule has 0 spiro atoms. The predicted octanol–water partition coefficient (Wildman–Crippen LogP) is 9.10. The molecule has 0 nitrogen and oxygen atoms in total. The van der Waals surface area contributed by atoms with Crippen molar-refractivity contribution in [2.24, 2.45) is 0 Å². The zero-order chi connectivity index (χ0) is 21.7. The number of rotatable bonds is 2. The topological polar surface area (TPSA) is 0 Å². The predicted molar refractivity (Wildman–Crippen MR) is 139 cm³/mol. The van der Waals surface area contributed by atoms with Gasteiger partial charge in [-0.2, -0.15) is 0 Å². The molecule has 0 heterocycles. The van der Waals surface area contributed by atoms with Crippen LogP contribution in [0, 0.1) is 13.8 Å². The molecule has 0 aliphatic carbocycles. The van der Waals surface area contributed by atoms with E-state index in [4.69, 9.17) is 0 Å². The Morgan fingerprint density at radius 1 is 0.375 bits per heavy atom. The van der Waals surface area contributed by atoms with E-state index in [1.807, 2.05) is 0 Å². The van der Waals surface area contributed by atoms with Crippen molar-refractivity contribution in [2.45, 2.75) is 13.8 Å². The van der Waals surface area contributed by atoms with Crippen LogP contribution >= 0.6 is 0 Å². The molecule has 152 valence electrons. The van der Waals surface area contributed by atoms with Crippen LogP contribution in [0.15, 0.2) is 109 Å². The standard InChI is InChI=1S/C32H24/c1-21-7-9-25-19-27(13-11-23(25)17-21)29-15-16-30(32-6-4-3-5-31(29)32)28-14-12-24-18-22(2)8-10-26(24)20-28/h3-20H,1-2H3. The summed E-state index contributed by atoms with van der Waals surface area (Å²) in [6, 6.07) is 40.3. The molecule has 0 heteroatoms. The fourth-order valence-electron chi connectivity index (χ4n) is 4.87. The second kappa shape index (κ2) is 7.35. The summed E-state index contributed by atoms with van der Waals surface area (Å²) in [6.07, 6.45) is 0. The van der Waals surface area contributed by atoms with Gasteiger partial charge in [0.25, 0.3) is 0 Å². The summed E-state index contributed by atoms with van der Waals surface area (Å²) in [5.74, 6) is 0. The van der Waals surface area contributed by atoms with Gasteiger partial charge in [0, 0.05) is 0 Å². The van der Waals surface area contributed by atoms with Crippen LogP contribution < -0.4 is 0 Å². The van der Waals surface area contributed by atoms with Crippen molar-refractivity contribution in [1.29, 1.82) is 0 Å². The highest BCUT2D eigenvalue weighted by Gasteiger charge is 2.10. The van der Waals surface area contributed by atoms with Crippen LogP contribution in [-0.4, -0.2) is 0 Å². The molecule has 0 fully saturated rings. The molecule has 0 bridgehead atoms. The van der Waals surface area contributed by atoms with Crippen molar-refractivity contribution >= 4 is 32.3 Å². The lowest BCUT2D eigenvalue weighted by molar-refractivity contribution is 1.50. The maximum absolute atomic E-state index is 2.31. The average molecular weight is 409 g/mol. The van der Waals surface area contributed by atoms with Gasteiger partial charge in [0.1, 0.15) is 0 Å². The van der Waals surface area contributed by atoms with Gasteiger partial charge in [-0.05, 0) is 80.6 Å². The van der Waals surface area contributed by atoms with Crippen molar-refractivity contribution in [2.75, 3.05) is 0 Å². The summed E-state index contributed by atoms with van der Waals surface area (Å²) in [5, 5.41) is 7.74. The second-order valence-corrected chi connectivity index (χ2v) is 8.84. The second-order valence-electron chi connectivity index (χ2n) is 8.84. The van der Waals surface area contributed by atoms with Crippen LogP contribution in [0.3, 0.4) is 0 Å². The molecule has 0 aliphatic rings. The van der Waals surface area contributed by atoms with Crippen LogP contribution in [0.2, 0.25) is 0 Å². The number of benzene rings is 6. The third-order valence-electron chi connectivity index (χ3n) is 6.54. The summed E-state index contributed by atoms with van der Waals surface area (Å²) in [6.45, 7) is 4.29. The lowest BCUT2D eigenvalue weighted by Crippen LogP contribution is -1.87. The Morgan fingerprint density at radius 3 is 1.25 bits per heavy atom. The van der Waals surface area contributed by atoms with Crippen molar-refractivity contribution < 1.29 is 0 Å². The highest BCUT2D eigenvalue weighted by atomic mass is 14.1. The van der Waals surface area contributed by atoms with Crippen LogP contribution in [0.25, 0.3) is 54.6 Å². The first-order valence-corrected chi connectivity index (χ1v) is 11.2. The highest BCUT2D eigenvalue weighted by Crippen LogP contribution is 2.37. The summed E-state index contributed by atoms with van der Waals surface area (Å²) in [5.41, 5.74) is 7.68. The van der Waals surface area contributed by atoms with E-state index >= 15 is 0 Å². The Morgan fingerprint density at radius 2 is 0.781 bits per heavy atom. The molecule has 0 amide bonds. The molecule has 6 aromatic rings. The van der Waals surface area contributed by atoms with Gasteiger partial charge in [-0.25, -0.2) is 0 Å². The Bertz CT molecular complexity index is 1510. The highest BCUT2D eigenvalue weighted by molar-refractivity contribution is 6.06. The van der Waals surface area contributed by atoms with E-state index in [1.165, 1.54) is 65.7 Å². The van der Waals surface area contributed by atoms with Crippen molar-refractivity contribution in [1.82, 2.24) is 0 Å². The maximum atomic E-state index is 2.31. The zero-order valence-electron chi connectivity index (χ0n) is 18.4. The molecule has 0 radical (unpaired) electrons. The average Bonchev–Trinajstić information content (AvgIpc) is 2.83. The first-order valence-electron chi connectivity index (χ1n) is 11.2. The van der Waals surface area contributed by atoms with E-state index in [0.717, 1.165) is 0 Å². The molecule has 6 rings (SSSR count). The number of hydrogen-bond acceptors (Lipinski definition) is 0. The van der Waals surface area contributed by atoms with Gasteiger partial charge in [0.2, 0.25) is 0 Å². The molecule has 0 aromatic heterocycles. The monoisotopic (exact) mass is 408 g/mol. The first kappa shape index (κ1) is 18.8. The minimum Gasteiger partial charge on any atom is -0.0616 e. The van der Waals surface area contributed by atoms with E-state index in [1.54, 1.807) is 0 Å². The third-order valence-corrected chi connectivity index (χ3v) is 6.54. The van der Waals surface area contributed by atoms with Crippen LogP contribution in [0.1, 0.15) is 11.1 Å². The molecule has 0 saturated heterocycles. The van der Waals surface area contributed by atoms with E-state index in [0.29, 0.717) is 0 Å². The number of fused-ring (bicyclic) bond motifs is 3.